The fourth-order valence-corrected chi connectivity index (χ4v) is 2.13. The summed E-state index contributed by atoms with van der Waals surface area (Å²) in [5.74, 6) is -0.850. The van der Waals surface area contributed by atoms with Crippen LogP contribution in [0.3, 0.4) is 0 Å². The number of aryl methyl sites for hydroxylation is 1. The van der Waals surface area contributed by atoms with E-state index in [4.69, 9.17) is 5.73 Å². The standard InChI is InChI=1S/C16H21N5O2/c1-10(2)8-13(14(17)22)19-16(23)15-18-9-21(20-15)12-6-4-11(3)5-7-12/h4-7,9-10,13H,8H2,1-3H3,(H2,17,22)(H,19,23). The first-order chi connectivity index (χ1) is 10.9. The molecule has 1 atom stereocenters. The number of benzene rings is 1. The zero-order valence-corrected chi connectivity index (χ0v) is 13.5. The molecule has 122 valence electrons. The number of aromatic nitrogens is 3. The maximum Gasteiger partial charge on any atom is 0.291 e. The lowest BCUT2D eigenvalue weighted by molar-refractivity contribution is -0.120. The minimum Gasteiger partial charge on any atom is -0.368 e. The van der Waals surface area contributed by atoms with Crippen LogP contribution in [0.5, 0.6) is 0 Å². The highest BCUT2D eigenvalue weighted by Gasteiger charge is 2.22. The van der Waals surface area contributed by atoms with Crippen molar-refractivity contribution >= 4 is 11.8 Å². The Kier molecular flexibility index (Phi) is 5.10. The molecule has 2 aromatic rings. The van der Waals surface area contributed by atoms with Gasteiger partial charge in [-0.05, 0) is 31.4 Å². The highest BCUT2D eigenvalue weighted by Crippen LogP contribution is 2.09. The van der Waals surface area contributed by atoms with Crippen molar-refractivity contribution in [2.24, 2.45) is 11.7 Å². The van der Waals surface area contributed by atoms with Gasteiger partial charge in [-0.3, -0.25) is 9.59 Å². The molecule has 0 aliphatic rings. The average Bonchev–Trinajstić information content (AvgIpc) is 2.96. The van der Waals surface area contributed by atoms with E-state index in [1.165, 1.54) is 11.0 Å². The molecule has 23 heavy (non-hydrogen) atoms. The summed E-state index contributed by atoms with van der Waals surface area (Å²) in [7, 11) is 0. The van der Waals surface area contributed by atoms with Gasteiger partial charge in [0.2, 0.25) is 11.7 Å². The number of hydrogen-bond acceptors (Lipinski definition) is 4. The van der Waals surface area contributed by atoms with Crippen LogP contribution >= 0.6 is 0 Å². The van der Waals surface area contributed by atoms with Crippen LogP contribution in [0.25, 0.3) is 5.69 Å². The molecule has 0 fully saturated rings. The molecular formula is C16H21N5O2. The van der Waals surface area contributed by atoms with E-state index in [0.29, 0.717) is 6.42 Å². The van der Waals surface area contributed by atoms with Crippen LogP contribution in [0, 0.1) is 12.8 Å². The largest absolute Gasteiger partial charge is 0.368 e. The minimum absolute atomic E-state index is 0.000538. The first kappa shape index (κ1) is 16.7. The number of nitrogens with one attached hydrogen (secondary N) is 1. The Labute approximate surface area is 134 Å². The van der Waals surface area contributed by atoms with Gasteiger partial charge in [0.1, 0.15) is 12.4 Å². The molecular weight excluding hydrogens is 294 g/mol. The van der Waals surface area contributed by atoms with Crippen molar-refractivity contribution < 1.29 is 9.59 Å². The van der Waals surface area contributed by atoms with Gasteiger partial charge < -0.3 is 11.1 Å². The normalized spacial score (nSPS) is 12.2. The molecule has 3 N–H and O–H groups in total. The summed E-state index contributed by atoms with van der Waals surface area (Å²) in [5.41, 5.74) is 7.25. The molecule has 0 radical (unpaired) electrons. The molecule has 1 heterocycles. The molecule has 1 aromatic carbocycles. The van der Waals surface area contributed by atoms with E-state index in [-0.39, 0.29) is 11.7 Å². The third-order valence-electron chi connectivity index (χ3n) is 3.35. The maximum absolute atomic E-state index is 12.2. The van der Waals surface area contributed by atoms with Crippen molar-refractivity contribution in [3.8, 4) is 5.69 Å². The van der Waals surface area contributed by atoms with E-state index in [0.717, 1.165) is 11.3 Å². The summed E-state index contributed by atoms with van der Waals surface area (Å²) in [6, 6.07) is 6.94. The number of rotatable bonds is 6. The van der Waals surface area contributed by atoms with Crippen LogP contribution in [0.2, 0.25) is 0 Å². The third-order valence-corrected chi connectivity index (χ3v) is 3.35. The number of carbonyl (C=O) groups excluding carboxylic acids is 2. The van der Waals surface area contributed by atoms with Crippen molar-refractivity contribution in [1.82, 2.24) is 20.1 Å². The van der Waals surface area contributed by atoms with Crippen molar-refractivity contribution in [2.45, 2.75) is 33.2 Å². The number of hydrogen-bond donors (Lipinski definition) is 2. The maximum atomic E-state index is 12.2. The van der Waals surface area contributed by atoms with Gasteiger partial charge in [0.15, 0.2) is 0 Å². The fourth-order valence-electron chi connectivity index (χ4n) is 2.13. The van der Waals surface area contributed by atoms with Gasteiger partial charge in [-0.15, -0.1) is 5.10 Å². The molecule has 2 amide bonds. The first-order valence-corrected chi connectivity index (χ1v) is 7.45. The zero-order chi connectivity index (χ0) is 17.0. The second kappa shape index (κ2) is 7.04. The summed E-state index contributed by atoms with van der Waals surface area (Å²) in [6.07, 6.45) is 1.93. The monoisotopic (exact) mass is 315 g/mol. The first-order valence-electron chi connectivity index (χ1n) is 7.45. The summed E-state index contributed by atoms with van der Waals surface area (Å²) >= 11 is 0. The molecule has 7 nitrogen and oxygen atoms in total. The van der Waals surface area contributed by atoms with Gasteiger partial charge in [-0.1, -0.05) is 31.5 Å². The lowest BCUT2D eigenvalue weighted by Gasteiger charge is -2.16. The van der Waals surface area contributed by atoms with Crippen LogP contribution in [-0.2, 0) is 4.79 Å². The lowest BCUT2D eigenvalue weighted by atomic mass is 10.0. The van der Waals surface area contributed by atoms with Gasteiger partial charge in [0, 0.05) is 0 Å². The Morgan fingerprint density at radius 3 is 2.48 bits per heavy atom. The predicted molar refractivity (Wildman–Crippen MR) is 86.0 cm³/mol. The molecule has 0 saturated heterocycles. The number of carbonyl (C=O) groups is 2. The fraction of sp³-hybridized carbons (Fsp3) is 0.375. The second-order valence-electron chi connectivity index (χ2n) is 5.91. The highest BCUT2D eigenvalue weighted by molar-refractivity contribution is 5.94. The third kappa shape index (κ3) is 4.38. The molecule has 1 unspecified atom stereocenters. The molecule has 0 aliphatic carbocycles. The zero-order valence-electron chi connectivity index (χ0n) is 13.5. The molecule has 0 saturated carbocycles. The molecule has 0 aliphatic heterocycles. The summed E-state index contributed by atoms with van der Waals surface area (Å²) < 4.78 is 1.51. The van der Waals surface area contributed by atoms with Gasteiger partial charge in [0.25, 0.3) is 5.91 Å². The van der Waals surface area contributed by atoms with Gasteiger partial charge in [-0.2, -0.15) is 0 Å². The Hall–Kier alpha value is -2.70. The number of primary amides is 1. The number of nitrogens with zero attached hydrogens (tertiary/aromatic N) is 3. The van der Waals surface area contributed by atoms with E-state index in [2.05, 4.69) is 15.4 Å². The van der Waals surface area contributed by atoms with Gasteiger partial charge in [0.05, 0.1) is 5.69 Å². The van der Waals surface area contributed by atoms with Crippen LogP contribution in [0.15, 0.2) is 30.6 Å². The summed E-state index contributed by atoms with van der Waals surface area (Å²) in [5, 5.41) is 6.73. The Morgan fingerprint density at radius 1 is 1.26 bits per heavy atom. The number of nitrogens with two attached hydrogens (primary N) is 1. The Bertz CT molecular complexity index is 691. The quantitative estimate of drug-likeness (QED) is 0.836. The van der Waals surface area contributed by atoms with Crippen LogP contribution in [0.1, 0.15) is 36.5 Å². The minimum atomic E-state index is -0.728. The van der Waals surface area contributed by atoms with E-state index in [1.807, 2.05) is 45.0 Å². The van der Waals surface area contributed by atoms with E-state index >= 15 is 0 Å². The van der Waals surface area contributed by atoms with E-state index in [9.17, 15) is 9.59 Å². The smallest absolute Gasteiger partial charge is 0.291 e. The second-order valence-corrected chi connectivity index (χ2v) is 5.91. The molecule has 0 spiro atoms. The van der Waals surface area contributed by atoms with Crippen LogP contribution in [-0.4, -0.2) is 32.6 Å². The summed E-state index contributed by atoms with van der Waals surface area (Å²) in [6.45, 7) is 5.89. The van der Waals surface area contributed by atoms with E-state index in [1.54, 1.807) is 0 Å². The SMILES string of the molecule is Cc1ccc(-n2cnc(C(=O)NC(CC(C)C)C(N)=O)n2)cc1. The summed E-state index contributed by atoms with van der Waals surface area (Å²) in [4.78, 5) is 27.6. The molecule has 7 heteroatoms. The lowest BCUT2D eigenvalue weighted by Crippen LogP contribution is -2.45. The van der Waals surface area contributed by atoms with Crippen molar-refractivity contribution in [3.63, 3.8) is 0 Å². The average molecular weight is 315 g/mol. The van der Waals surface area contributed by atoms with Crippen LogP contribution in [0.4, 0.5) is 0 Å². The van der Waals surface area contributed by atoms with Gasteiger partial charge in [-0.25, -0.2) is 9.67 Å². The number of amides is 2. The molecule has 1 aromatic heterocycles. The topological polar surface area (TPSA) is 103 Å². The van der Waals surface area contributed by atoms with Gasteiger partial charge >= 0.3 is 0 Å². The Morgan fingerprint density at radius 2 is 1.91 bits per heavy atom. The van der Waals surface area contributed by atoms with Crippen molar-refractivity contribution in [2.75, 3.05) is 0 Å². The molecule has 0 bridgehead atoms. The predicted octanol–water partition coefficient (Wildman–Crippen LogP) is 1.21. The van der Waals surface area contributed by atoms with Crippen molar-refractivity contribution in [3.05, 3.63) is 42.0 Å². The molecule has 2 rings (SSSR count). The van der Waals surface area contributed by atoms with Crippen LogP contribution < -0.4 is 11.1 Å². The van der Waals surface area contributed by atoms with E-state index < -0.39 is 17.9 Å². The Balaban J connectivity index is 2.11. The highest BCUT2D eigenvalue weighted by atomic mass is 16.2. The van der Waals surface area contributed by atoms with Crippen molar-refractivity contribution in [1.29, 1.82) is 0 Å².